The SMILES string of the molecule is Clc1ncc(Cl)c(OCc2ccc3c(c2)OCO3)n1. The number of benzene rings is 1. The van der Waals surface area contributed by atoms with E-state index in [4.69, 9.17) is 37.4 Å². The van der Waals surface area contributed by atoms with E-state index in [0.29, 0.717) is 17.4 Å². The van der Waals surface area contributed by atoms with Crippen molar-refractivity contribution in [3.05, 3.63) is 40.3 Å². The van der Waals surface area contributed by atoms with E-state index in [9.17, 15) is 0 Å². The summed E-state index contributed by atoms with van der Waals surface area (Å²) in [5.74, 6) is 1.68. The van der Waals surface area contributed by atoms with E-state index in [-0.39, 0.29) is 18.0 Å². The second-order valence-corrected chi connectivity index (χ2v) is 4.51. The number of aromatic nitrogens is 2. The highest BCUT2D eigenvalue weighted by Gasteiger charge is 2.13. The van der Waals surface area contributed by atoms with Crippen molar-refractivity contribution >= 4 is 23.2 Å². The molecule has 2 heterocycles. The maximum Gasteiger partial charge on any atom is 0.237 e. The summed E-state index contributed by atoms with van der Waals surface area (Å²) in [7, 11) is 0. The lowest BCUT2D eigenvalue weighted by atomic mass is 10.2. The van der Waals surface area contributed by atoms with Crippen LogP contribution in [0.3, 0.4) is 0 Å². The molecular weight excluding hydrogens is 291 g/mol. The summed E-state index contributed by atoms with van der Waals surface area (Å²) >= 11 is 11.6. The minimum Gasteiger partial charge on any atom is -0.472 e. The minimum absolute atomic E-state index is 0.0880. The first-order valence-electron chi connectivity index (χ1n) is 5.42. The van der Waals surface area contributed by atoms with Gasteiger partial charge in [-0.3, -0.25) is 0 Å². The van der Waals surface area contributed by atoms with Gasteiger partial charge in [-0.1, -0.05) is 17.7 Å². The number of hydrogen-bond donors (Lipinski definition) is 0. The van der Waals surface area contributed by atoms with E-state index in [1.54, 1.807) is 0 Å². The molecule has 98 valence electrons. The normalized spacial score (nSPS) is 12.5. The van der Waals surface area contributed by atoms with Crippen LogP contribution in [0, 0.1) is 0 Å². The zero-order valence-electron chi connectivity index (χ0n) is 9.60. The van der Waals surface area contributed by atoms with Gasteiger partial charge in [-0.15, -0.1) is 0 Å². The molecular formula is C12H8Cl2N2O3. The molecule has 0 saturated heterocycles. The summed E-state index contributed by atoms with van der Waals surface area (Å²) in [5.41, 5.74) is 0.912. The summed E-state index contributed by atoms with van der Waals surface area (Å²) < 4.78 is 16.0. The van der Waals surface area contributed by atoms with Gasteiger partial charge in [0, 0.05) is 0 Å². The molecule has 0 fully saturated rings. The molecule has 19 heavy (non-hydrogen) atoms. The van der Waals surface area contributed by atoms with Crippen molar-refractivity contribution in [1.29, 1.82) is 0 Å². The van der Waals surface area contributed by atoms with Gasteiger partial charge < -0.3 is 14.2 Å². The number of hydrogen-bond acceptors (Lipinski definition) is 5. The lowest BCUT2D eigenvalue weighted by Gasteiger charge is -2.07. The van der Waals surface area contributed by atoms with Gasteiger partial charge in [-0.05, 0) is 29.3 Å². The molecule has 1 aromatic heterocycles. The van der Waals surface area contributed by atoms with Crippen molar-refractivity contribution in [3.8, 4) is 17.4 Å². The fourth-order valence-corrected chi connectivity index (χ4v) is 1.89. The van der Waals surface area contributed by atoms with Crippen molar-refractivity contribution in [3.63, 3.8) is 0 Å². The van der Waals surface area contributed by atoms with Crippen LogP contribution in [0.15, 0.2) is 24.4 Å². The Morgan fingerprint density at radius 3 is 2.95 bits per heavy atom. The first-order valence-corrected chi connectivity index (χ1v) is 6.17. The van der Waals surface area contributed by atoms with Gasteiger partial charge in [0.15, 0.2) is 11.5 Å². The highest BCUT2D eigenvalue weighted by molar-refractivity contribution is 6.32. The van der Waals surface area contributed by atoms with Gasteiger partial charge >= 0.3 is 0 Å². The van der Waals surface area contributed by atoms with E-state index >= 15 is 0 Å². The maximum absolute atomic E-state index is 5.90. The lowest BCUT2D eigenvalue weighted by Crippen LogP contribution is -1.99. The molecule has 1 aliphatic rings. The molecule has 0 N–H and O–H groups in total. The summed E-state index contributed by atoms with van der Waals surface area (Å²) in [4.78, 5) is 7.65. The maximum atomic E-state index is 5.90. The molecule has 3 rings (SSSR count). The Hall–Kier alpha value is -1.72. The summed E-state index contributed by atoms with van der Waals surface area (Å²) in [5, 5.41) is 0.398. The zero-order valence-corrected chi connectivity index (χ0v) is 11.1. The third kappa shape index (κ3) is 2.67. The highest BCUT2D eigenvalue weighted by Crippen LogP contribution is 2.33. The van der Waals surface area contributed by atoms with E-state index < -0.39 is 0 Å². The molecule has 5 nitrogen and oxygen atoms in total. The van der Waals surface area contributed by atoms with Crippen LogP contribution >= 0.6 is 23.2 Å². The molecule has 1 aromatic carbocycles. The molecule has 0 saturated carbocycles. The number of fused-ring (bicyclic) bond motifs is 1. The van der Waals surface area contributed by atoms with Gasteiger partial charge in [0.2, 0.25) is 18.0 Å². The largest absolute Gasteiger partial charge is 0.472 e. The lowest BCUT2D eigenvalue weighted by molar-refractivity contribution is 0.174. The Kier molecular flexibility index (Phi) is 3.31. The Bertz CT molecular complexity index is 622. The topological polar surface area (TPSA) is 53.5 Å². The Morgan fingerprint density at radius 1 is 1.21 bits per heavy atom. The smallest absolute Gasteiger partial charge is 0.237 e. The summed E-state index contributed by atoms with van der Waals surface area (Å²) in [6.07, 6.45) is 1.39. The first kappa shape index (κ1) is 12.3. The fourth-order valence-electron chi connectivity index (χ4n) is 1.61. The molecule has 0 bridgehead atoms. The number of halogens is 2. The summed E-state index contributed by atoms with van der Waals surface area (Å²) in [6.45, 7) is 0.538. The zero-order chi connectivity index (χ0) is 13.2. The molecule has 0 aliphatic carbocycles. The van der Waals surface area contributed by atoms with E-state index in [0.717, 1.165) is 11.3 Å². The molecule has 0 spiro atoms. The van der Waals surface area contributed by atoms with Crippen molar-refractivity contribution < 1.29 is 14.2 Å². The standard InChI is InChI=1S/C12H8Cl2N2O3/c13-8-4-15-12(14)16-11(8)17-5-7-1-2-9-10(3-7)19-6-18-9/h1-4H,5-6H2. The van der Waals surface area contributed by atoms with E-state index in [1.807, 2.05) is 18.2 Å². The molecule has 0 atom stereocenters. The van der Waals surface area contributed by atoms with Crippen LogP contribution in [0.4, 0.5) is 0 Å². The molecule has 0 amide bonds. The van der Waals surface area contributed by atoms with Crippen LogP contribution in [-0.2, 0) is 6.61 Å². The van der Waals surface area contributed by atoms with Crippen molar-refractivity contribution in [2.24, 2.45) is 0 Å². The van der Waals surface area contributed by atoms with Crippen LogP contribution in [0.1, 0.15) is 5.56 Å². The average Bonchev–Trinajstić information content (AvgIpc) is 2.87. The van der Waals surface area contributed by atoms with Gasteiger partial charge in [-0.2, -0.15) is 4.98 Å². The highest BCUT2D eigenvalue weighted by atomic mass is 35.5. The number of rotatable bonds is 3. The second-order valence-electron chi connectivity index (χ2n) is 3.77. The Labute approximate surface area is 119 Å². The third-order valence-electron chi connectivity index (χ3n) is 2.50. The van der Waals surface area contributed by atoms with Crippen LogP contribution < -0.4 is 14.2 Å². The molecule has 0 radical (unpaired) electrons. The molecule has 7 heteroatoms. The van der Waals surface area contributed by atoms with Crippen LogP contribution in [0.2, 0.25) is 10.3 Å². The van der Waals surface area contributed by atoms with Gasteiger partial charge in [0.05, 0.1) is 6.20 Å². The van der Waals surface area contributed by atoms with Crippen molar-refractivity contribution in [2.75, 3.05) is 6.79 Å². The van der Waals surface area contributed by atoms with E-state index in [2.05, 4.69) is 9.97 Å². The fraction of sp³-hybridized carbons (Fsp3) is 0.167. The monoisotopic (exact) mass is 298 g/mol. The Balaban J connectivity index is 1.74. The first-order chi connectivity index (χ1) is 9.22. The second kappa shape index (κ2) is 5.11. The minimum atomic E-state index is 0.0880. The molecule has 1 aliphatic heterocycles. The van der Waals surface area contributed by atoms with Gasteiger partial charge in [-0.25, -0.2) is 4.98 Å². The van der Waals surface area contributed by atoms with Crippen LogP contribution in [0.25, 0.3) is 0 Å². The number of nitrogens with zero attached hydrogens (tertiary/aromatic N) is 2. The van der Waals surface area contributed by atoms with Crippen LogP contribution in [0.5, 0.6) is 17.4 Å². The van der Waals surface area contributed by atoms with E-state index in [1.165, 1.54) is 6.20 Å². The van der Waals surface area contributed by atoms with Gasteiger partial charge in [0.25, 0.3) is 0 Å². The molecule has 0 unspecified atom stereocenters. The van der Waals surface area contributed by atoms with Crippen molar-refractivity contribution in [2.45, 2.75) is 6.61 Å². The average molecular weight is 299 g/mol. The summed E-state index contributed by atoms with van der Waals surface area (Å²) in [6, 6.07) is 5.55. The quantitative estimate of drug-likeness (QED) is 0.815. The molecule has 2 aromatic rings. The van der Waals surface area contributed by atoms with Gasteiger partial charge in [0.1, 0.15) is 11.6 Å². The van der Waals surface area contributed by atoms with Crippen molar-refractivity contribution in [1.82, 2.24) is 9.97 Å². The predicted molar refractivity (Wildman–Crippen MR) is 68.9 cm³/mol. The Morgan fingerprint density at radius 2 is 2.05 bits per heavy atom. The third-order valence-corrected chi connectivity index (χ3v) is 2.94. The number of ether oxygens (including phenoxy) is 3. The van der Waals surface area contributed by atoms with Crippen LogP contribution in [-0.4, -0.2) is 16.8 Å². The predicted octanol–water partition coefficient (Wildman–Crippen LogP) is 3.09.